The lowest BCUT2D eigenvalue weighted by Crippen LogP contribution is -2.43. The number of benzene rings is 2. The summed E-state index contributed by atoms with van der Waals surface area (Å²) in [5.41, 5.74) is 2.16. The van der Waals surface area contributed by atoms with Crippen LogP contribution in [0.25, 0.3) is 16.9 Å². The number of imidazole rings is 1. The first-order chi connectivity index (χ1) is 18.9. The molecule has 0 aliphatic heterocycles. The number of fused-ring (bicyclic) bond motifs is 1. The van der Waals surface area contributed by atoms with Gasteiger partial charge in [0.25, 0.3) is 0 Å². The molecule has 1 fully saturated rings. The lowest BCUT2D eigenvalue weighted by molar-refractivity contribution is -0.134. The number of nitrogens with one attached hydrogen (secondary N) is 2. The van der Waals surface area contributed by atoms with Crippen molar-refractivity contribution in [3.05, 3.63) is 89.7 Å². The van der Waals surface area contributed by atoms with Crippen molar-refractivity contribution in [3.63, 3.8) is 0 Å². The van der Waals surface area contributed by atoms with Gasteiger partial charge in [-0.25, -0.2) is 15.0 Å². The third-order valence-electron chi connectivity index (χ3n) is 7.56. The van der Waals surface area contributed by atoms with Crippen LogP contribution in [0.15, 0.2) is 72.8 Å². The van der Waals surface area contributed by atoms with Crippen molar-refractivity contribution in [2.45, 2.75) is 37.8 Å². The largest absolute Gasteiger partial charge is 0.508 e. The Balaban J connectivity index is 1.41. The Morgan fingerprint density at radius 1 is 1.08 bits per heavy atom. The molecule has 39 heavy (non-hydrogen) atoms. The Morgan fingerprint density at radius 2 is 1.79 bits per heavy atom. The predicted octanol–water partition coefficient (Wildman–Crippen LogP) is 3.44. The maximum absolute atomic E-state index is 12.6. The zero-order chi connectivity index (χ0) is 27.1. The van der Waals surface area contributed by atoms with Crippen molar-refractivity contribution in [1.29, 1.82) is 0 Å². The third-order valence-corrected chi connectivity index (χ3v) is 7.56. The fourth-order valence-corrected chi connectivity index (χ4v) is 5.20. The number of hydrogen-bond acceptors (Lipinski definition) is 7. The lowest BCUT2D eigenvalue weighted by Gasteiger charge is -2.25. The molecule has 196 valence electrons. The topological polar surface area (TPSA) is 125 Å². The number of nitrogens with zero attached hydrogens (tertiary/aromatic N) is 4. The van der Waals surface area contributed by atoms with E-state index in [9.17, 15) is 15.0 Å². The number of rotatable bonds is 5. The van der Waals surface area contributed by atoms with Gasteiger partial charge in [-0.1, -0.05) is 54.5 Å². The molecule has 4 atom stereocenters. The van der Waals surface area contributed by atoms with E-state index >= 15 is 0 Å². The normalized spacial score (nSPS) is 23.8. The quantitative estimate of drug-likeness (QED) is 0.297. The summed E-state index contributed by atoms with van der Waals surface area (Å²) in [4.78, 5) is 26.5. The zero-order valence-electron chi connectivity index (χ0n) is 21.6. The van der Waals surface area contributed by atoms with Gasteiger partial charge in [0, 0.05) is 31.0 Å². The first-order valence-corrected chi connectivity index (χ1v) is 12.9. The summed E-state index contributed by atoms with van der Waals surface area (Å²) >= 11 is 0. The lowest BCUT2D eigenvalue weighted by atomic mass is 9.84. The van der Waals surface area contributed by atoms with E-state index in [1.54, 1.807) is 11.5 Å². The second-order valence-electron chi connectivity index (χ2n) is 10.2. The second-order valence-corrected chi connectivity index (χ2v) is 10.2. The number of aromatic nitrogens is 4. The molecule has 2 aliphatic carbocycles. The van der Waals surface area contributed by atoms with Gasteiger partial charge in [0.05, 0.1) is 11.1 Å². The van der Waals surface area contributed by atoms with Crippen LogP contribution in [-0.2, 0) is 4.79 Å². The number of hydrogen-bond donors (Lipinski definition) is 4. The second kappa shape index (κ2) is 9.57. The van der Waals surface area contributed by atoms with Crippen molar-refractivity contribution in [2.75, 3.05) is 12.4 Å². The van der Waals surface area contributed by atoms with E-state index < -0.39 is 11.5 Å². The zero-order valence-corrected chi connectivity index (χ0v) is 21.6. The summed E-state index contributed by atoms with van der Waals surface area (Å²) < 4.78 is 1.62. The Morgan fingerprint density at radius 3 is 2.51 bits per heavy atom. The molecule has 3 unspecified atom stereocenters. The fourth-order valence-electron chi connectivity index (χ4n) is 5.20. The van der Waals surface area contributed by atoms with Gasteiger partial charge in [-0.3, -0.25) is 9.36 Å². The molecule has 0 radical (unpaired) electrons. The van der Waals surface area contributed by atoms with Crippen LogP contribution in [-0.4, -0.2) is 54.8 Å². The molecule has 4 N–H and O–H groups in total. The highest BCUT2D eigenvalue weighted by Crippen LogP contribution is 2.45. The van der Waals surface area contributed by atoms with Gasteiger partial charge >= 0.3 is 0 Å². The summed E-state index contributed by atoms with van der Waals surface area (Å²) in [7, 11) is 1.51. The Kier molecular flexibility index (Phi) is 6.04. The summed E-state index contributed by atoms with van der Waals surface area (Å²) in [5.74, 6) is 6.71. The van der Waals surface area contributed by atoms with E-state index in [1.807, 2.05) is 48.5 Å². The molecule has 2 aromatic heterocycles. The highest BCUT2D eigenvalue weighted by atomic mass is 16.3. The Bertz CT molecular complexity index is 1650. The molecule has 9 nitrogen and oxygen atoms in total. The molecule has 2 aromatic carbocycles. The number of anilines is 1. The van der Waals surface area contributed by atoms with Gasteiger partial charge in [0.2, 0.25) is 11.7 Å². The molecule has 4 aromatic rings. The molecule has 1 saturated carbocycles. The van der Waals surface area contributed by atoms with E-state index in [2.05, 4.69) is 44.6 Å². The van der Waals surface area contributed by atoms with E-state index in [0.29, 0.717) is 34.4 Å². The first kappa shape index (κ1) is 24.6. The number of aliphatic hydroxyl groups is 2. The van der Waals surface area contributed by atoms with Gasteiger partial charge in [-0.05, 0) is 37.0 Å². The molecule has 0 bridgehead atoms. The Labute approximate surface area is 225 Å². The van der Waals surface area contributed by atoms with Crippen LogP contribution in [0.3, 0.4) is 0 Å². The molecule has 2 heterocycles. The fraction of sp³-hybridized carbons (Fsp3) is 0.267. The van der Waals surface area contributed by atoms with Gasteiger partial charge in [-0.15, -0.1) is 0 Å². The standard InChI is InChI=1S/C30H28N6O3/c1-30(29(39)31-2)16-22(25(37)26(30)38)36-17-32-24-27(33-21-15-20(21)19-11-7-4-8-12-19)34-23(35-28(24)36)14-13-18-9-5-3-6-10-18/h3-12,17,20-21,26,37-38H,15-16H2,1-2H3,(H,31,39)(H,33,34,35)/t20?,21?,26-,30?/m0/s1. The van der Waals surface area contributed by atoms with Crippen molar-refractivity contribution in [3.8, 4) is 11.8 Å². The summed E-state index contributed by atoms with van der Waals surface area (Å²) in [6.45, 7) is 1.62. The average molecular weight is 521 g/mol. The summed E-state index contributed by atoms with van der Waals surface area (Å²) in [6, 6.07) is 20.1. The van der Waals surface area contributed by atoms with Crippen LogP contribution < -0.4 is 10.6 Å². The van der Waals surface area contributed by atoms with Crippen LogP contribution in [0.5, 0.6) is 0 Å². The highest BCUT2D eigenvalue weighted by Gasteiger charge is 2.50. The minimum Gasteiger partial charge on any atom is -0.508 e. The van der Waals surface area contributed by atoms with Gasteiger partial charge in [-0.2, -0.15) is 0 Å². The Hall–Kier alpha value is -4.68. The summed E-state index contributed by atoms with van der Waals surface area (Å²) in [6.07, 6.45) is 1.24. The summed E-state index contributed by atoms with van der Waals surface area (Å²) in [5, 5.41) is 27.8. The van der Waals surface area contributed by atoms with Crippen molar-refractivity contribution < 1.29 is 15.0 Å². The van der Waals surface area contributed by atoms with Crippen LogP contribution >= 0.6 is 0 Å². The third kappa shape index (κ3) is 4.39. The van der Waals surface area contributed by atoms with E-state index in [-0.39, 0.29) is 24.1 Å². The van der Waals surface area contributed by atoms with Crippen molar-refractivity contribution in [2.24, 2.45) is 5.41 Å². The van der Waals surface area contributed by atoms with Gasteiger partial charge < -0.3 is 20.8 Å². The van der Waals surface area contributed by atoms with Gasteiger partial charge in [0.15, 0.2) is 17.0 Å². The smallest absolute Gasteiger partial charge is 0.229 e. The van der Waals surface area contributed by atoms with E-state index in [0.717, 1.165) is 12.0 Å². The molecular formula is C30H28N6O3. The monoisotopic (exact) mass is 520 g/mol. The minimum absolute atomic E-state index is 0.0988. The van der Waals surface area contributed by atoms with Crippen LogP contribution in [0.4, 0.5) is 5.82 Å². The molecule has 2 aliphatic rings. The molecule has 1 amide bonds. The van der Waals surface area contributed by atoms with Crippen molar-refractivity contribution >= 4 is 28.6 Å². The number of allylic oxidation sites excluding steroid dienone is 1. The number of aliphatic hydroxyl groups excluding tert-OH is 2. The van der Waals surface area contributed by atoms with Crippen molar-refractivity contribution in [1.82, 2.24) is 24.8 Å². The van der Waals surface area contributed by atoms with E-state index in [1.165, 1.54) is 18.9 Å². The molecule has 0 spiro atoms. The maximum atomic E-state index is 12.6. The highest BCUT2D eigenvalue weighted by molar-refractivity contribution is 5.90. The van der Waals surface area contributed by atoms with Crippen LogP contribution in [0, 0.1) is 17.3 Å². The molecule has 9 heteroatoms. The SMILES string of the molecule is CNC(=O)C1(C)CC(n2cnc3c(NC4CC4c4ccccc4)nc(C#Cc4ccccc4)nc32)=C(O)[C@@H]1O. The maximum Gasteiger partial charge on any atom is 0.229 e. The minimum atomic E-state index is -1.36. The van der Waals surface area contributed by atoms with Crippen LogP contribution in [0.1, 0.15) is 42.6 Å². The number of carbonyl (C=O) groups is 1. The number of carbonyl (C=O) groups excluding carboxylic acids is 1. The first-order valence-electron chi connectivity index (χ1n) is 12.9. The predicted molar refractivity (Wildman–Crippen MR) is 148 cm³/mol. The molecule has 6 rings (SSSR count). The average Bonchev–Trinajstić information content (AvgIpc) is 3.54. The number of amides is 1. The van der Waals surface area contributed by atoms with E-state index in [4.69, 9.17) is 4.98 Å². The molecular weight excluding hydrogens is 492 g/mol. The molecule has 0 saturated heterocycles. The van der Waals surface area contributed by atoms with Crippen LogP contribution in [0.2, 0.25) is 0 Å². The van der Waals surface area contributed by atoms with Gasteiger partial charge in [0.1, 0.15) is 18.2 Å².